The molecule has 0 aromatic carbocycles. The monoisotopic (exact) mass is 224 g/mol. The molecule has 0 aromatic heterocycles. The first-order valence-corrected chi connectivity index (χ1v) is 7.14. The van der Waals surface area contributed by atoms with Crippen molar-refractivity contribution in [2.45, 2.75) is 58.5 Å². The Hall–Kier alpha value is -0.0800. The molecule has 2 aliphatic rings. The van der Waals surface area contributed by atoms with Gasteiger partial charge in [-0.05, 0) is 44.7 Å². The van der Waals surface area contributed by atoms with Crippen molar-refractivity contribution in [3.05, 3.63) is 0 Å². The predicted molar refractivity (Wildman–Crippen MR) is 69.6 cm³/mol. The standard InChI is InChI=1S/C14H28N2/c1-11(2)14-10-16(8-4-7-15-14)12(3)9-13-5-6-13/h11-15H,4-10H2,1-3H3. The summed E-state index contributed by atoms with van der Waals surface area (Å²) in [6.45, 7) is 10.9. The van der Waals surface area contributed by atoms with Gasteiger partial charge in [-0.3, -0.25) is 4.90 Å². The second kappa shape index (κ2) is 5.50. The highest BCUT2D eigenvalue weighted by Gasteiger charge is 2.28. The van der Waals surface area contributed by atoms with E-state index in [-0.39, 0.29) is 0 Å². The van der Waals surface area contributed by atoms with Gasteiger partial charge >= 0.3 is 0 Å². The smallest absolute Gasteiger partial charge is 0.0218 e. The Kier molecular flexibility index (Phi) is 4.26. The van der Waals surface area contributed by atoms with E-state index in [4.69, 9.17) is 0 Å². The summed E-state index contributed by atoms with van der Waals surface area (Å²) >= 11 is 0. The maximum Gasteiger partial charge on any atom is 0.0218 e. The van der Waals surface area contributed by atoms with Gasteiger partial charge in [-0.25, -0.2) is 0 Å². The molecule has 0 amide bonds. The van der Waals surface area contributed by atoms with E-state index < -0.39 is 0 Å². The van der Waals surface area contributed by atoms with Crippen molar-refractivity contribution in [1.29, 1.82) is 0 Å². The van der Waals surface area contributed by atoms with Crippen LogP contribution in [0.15, 0.2) is 0 Å². The van der Waals surface area contributed by atoms with E-state index in [9.17, 15) is 0 Å². The van der Waals surface area contributed by atoms with Crippen LogP contribution in [0.2, 0.25) is 0 Å². The van der Waals surface area contributed by atoms with E-state index in [1.807, 2.05) is 0 Å². The summed E-state index contributed by atoms with van der Waals surface area (Å²) < 4.78 is 0. The number of rotatable bonds is 4. The van der Waals surface area contributed by atoms with Gasteiger partial charge in [-0.15, -0.1) is 0 Å². The molecule has 1 heterocycles. The Labute approximate surface area is 101 Å². The minimum absolute atomic E-state index is 0.698. The molecule has 1 saturated heterocycles. The van der Waals surface area contributed by atoms with Gasteiger partial charge in [0.25, 0.3) is 0 Å². The minimum Gasteiger partial charge on any atom is -0.312 e. The SMILES string of the molecule is CC(C)C1CN(C(C)CC2CC2)CCCN1. The van der Waals surface area contributed by atoms with Gasteiger partial charge in [0.2, 0.25) is 0 Å². The van der Waals surface area contributed by atoms with Gasteiger partial charge in [0.15, 0.2) is 0 Å². The molecule has 1 aliphatic carbocycles. The van der Waals surface area contributed by atoms with E-state index in [1.165, 1.54) is 45.3 Å². The third kappa shape index (κ3) is 3.46. The van der Waals surface area contributed by atoms with Crippen LogP contribution >= 0.6 is 0 Å². The third-order valence-corrected chi connectivity index (χ3v) is 4.26. The molecule has 0 aromatic rings. The van der Waals surface area contributed by atoms with Crippen LogP contribution in [0.1, 0.15) is 46.5 Å². The lowest BCUT2D eigenvalue weighted by Gasteiger charge is -2.31. The summed E-state index contributed by atoms with van der Waals surface area (Å²) in [5.41, 5.74) is 0. The number of hydrogen-bond donors (Lipinski definition) is 1. The van der Waals surface area contributed by atoms with Gasteiger partial charge in [-0.1, -0.05) is 26.7 Å². The maximum absolute atomic E-state index is 3.69. The average molecular weight is 224 g/mol. The molecular weight excluding hydrogens is 196 g/mol. The van der Waals surface area contributed by atoms with Crippen molar-refractivity contribution in [3.8, 4) is 0 Å². The number of hydrogen-bond acceptors (Lipinski definition) is 2. The molecule has 2 fully saturated rings. The van der Waals surface area contributed by atoms with E-state index in [0.717, 1.165) is 17.9 Å². The van der Waals surface area contributed by atoms with Crippen LogP contribution in [-0.2, 0) is 0 Å². The van der Waals surface area contributed by atoms with Crippen LogP contribution in [0.3, 0.4) is 0 Å². The molecule has 16 heavy (non-hydrogen) atoms. The summed E-state index contributed by atoms with van der Waals surface area (Å²) in [5, 5.41) is 3.69. The van der Waals surface area contributed by atoms with Crippen LogP contribution in [0.5, 0.6) is 0 Å². The zero-order valence-electron chi connectivity index (χ0n) is 11.2. The first kappa shape index (κ1) is 12.4. The summed E-state index contributed by atoms with van der Waals surface area (Å²) in [5.74, 6) is 1.82. The van der Waals surface area contributed by atoms with E-state index >= 15 is 0 Å². The van der Waals surface area contributed by atoms with Crippen LogP contribution in [0.4, 0.5) is 0 Å². The molecule has 1 saturated carbocycles. The van der Waals surface area contributed by atoms with Crippen LogP contribution in [0.25, 0.3) is 0 Å². The van der Waals surface area contributed by atoms with Crippen LogP contribution in [0, 0.1) is 11.8 Å². The van der Waals surface area contributed by atoms with Crippen molar-refractivity contribution in [2.24, 2.45) is 11.8 Å². The van der Waals surface area contributed by atoms with E-state index in [1.54, 1.807) is 0 Å². The van der Waals surface area contributed by atoms with Crippen LogP contribution < -0.4 is 5.32 Å². The molecule has 1 N–H and O–H groups in total. The molecule has 2 nitrogen and oxygen atoms in total. The maximum atomic E-state index is 3.69. The predicted octanol–water partition coefficient (Wildman–Crippen LogP) is 2.49. The molecular formula is C14H28N2. The first-order chi connectivity index (χ1) is 7.66. The third-order valence-electron chi connectivity index (χ3n) is 4.26. The number of nitrogens with one attached hydrogen (secondary N) is 1. The second-order valence-electron chi connectivity index (χ2n) is 6.18. The van der Waals surface area contributed by atoms with Crippen molar-refractivity contribution >= 4 is 0 Å². The summed E-state index contributed by atoms with van der Waals surface area (Å²) in [6, 6.07) is 1.50. The van der Waals surface area contributed by atoms with Crippen molar-refractivity contribution in [1.82, 2.24) is 10.2 Å². The van der Waals surface area contributed by atoms with Gasteiger partial charge in [0.05, 0.1) is 0 Å². The Bertz CT molecular complexity index is 211. The molecule has 2 unspecified atom stereocenters. The Morgan fingerprint density at radius 3 is 2.62 bits per heavy atom. The first-order valence-electron chi connectivity index (χ1n) is 7.14. The second-order valence-corrected chi connectivity index (χ2v) is 6.18. The lowest BCUT2D eigenvalue weighted by molar-refractivity contribution is 0.179. The number of nitrogens with zero attached hydrogens (tertiary/aromatic N) is 1. The summed E-state index contributed by atoms with van der Waals surface area (Å²) in [7, 11) is 0. The molecule has 94 valence electrons. The van der Waals surface area contributed by atoms with E-state index in [0.29, 0.717) is 6.04 Å². The highest BCUT2D eigenvalue weighted by molar-refractivity contribution is 4.84. The molecule has 2 atom stereocenters. The quantitative estimate of drug-likeness (QED) is 0.789. The molecule has 1 aliphatic heterocycles. The van der Waals surface area contributed by atoms with Crippen molar-refractivity contribution < 1.29 is 0 Å². The highest BCUT2D eigenvalue weighted by atomic mass is 15.2. The van der Waals surface area contributed by atoms with Gasteiger partial charge < -0.3 is 5.32 Å². The Balaban J connectivity index is 1.85. The molecule has 0 spiro atoms. The minimum atomic E-state index is 0.698. The Morgan fingerprint density at radius 2 is 2.00 bits per heavy atom. The fraction of sp³-hybridized carbons (Fsp3) is 1.00. The average Bonchev–Trinajstić information content (AvgIpc) is 3.01. The Morgan fingerprint density at radius 1 is 1.25 bits per heavy atom. The van der Waals surface area contributed by atoms with Crippen molar-refractivity contribution in [3.63, 3.8) is 0 Å². The van der Waals surface area contributed by atoms with Crippen LogP contribution in [-0.4, -0.2) is 36.6 Å². The highest BCUT2D eigenvalue weighted by Crippen LogP contribution is 2.34. The molecule has 0 radical (unpaired) electrons. The lowest BCUT2D eigenvalue weighted by Crippen LogP contribution is -2.44. The largest absolute Gasteiger partial charge is 0.312 e. The fourth-order valence-corrected chi connectivity index (χ4v) is 2.81. The summed E-state index contributed by atoms with van der Waals surface area (Å²) in [6.07, 6.45) is 5.73. The van der Waals surface area contributed by atoms with Crippen molar-refractivity contribution in [2.75, 3.05) is 19.6 Å². The summed E-state index contributed by atoms with van der Waals surface area (Å²) in [4.78, 5) is 2.73. The zero-order chi connectivity index (χ0) is 11.5. The van der Waals surface area contributed by atoms with Gasteiger partial charge in [0, 0.05) is 18.6 Å². The zero-order valence-corrected chi connectivity index (χ0v) is 11.2. The molecule has 2 heteroatoms. The van der Waals surface area contributed by atoms with Gasteiger partial charge in [0.1, 0.15) is 0 Å². The van der Waals surface area contributed by atoms with Gasteiger partial charge in [-0.2, -0.15) is 0 Å². The molecule has 2 rings (SSSR count). The lowest BCUT2D eigenvalue weighted by atomic mass is 10.0. The molecule has 0 bridgehead atoms. The topological polar surface area (TPSA) is 15.3 Å². The normalized spacial score (nSPS) is 30.4. The fourth-order valence-electron chi connectivity index (χ4n) is 2.81. The van der Waals surface area contributed by atoms with E-state index in [2.05, 4.69) is 31.0 Å².